The molecule has 8 heteroatoms. The van der Waals surface area contributed by atoms with E-state index in [1.165, 1.54) is 4.90 Å². The van der Waals surface area contributed by atoms with Crippen LogP contribution < -0.4 is 9.64 Å². The minimum absolute atomic E-state index is 0.326. The van der Waals surface area contributed by atoms with Crippen LogP contribution in [0.1, 0.15) is 12.5 Å². The van der Waals surface area contributed by atoms with Crippen LogP contribution in [0.5, 0.6) is 5.75 Å². The van der Waals surface area contributed by atoms with Crippen LogP contribution in [0, 0.1) is 0 Å². The Balaban J connectivity index is 1.55. The van der Waals surface area contributed by atoms with E-state index in [0.717, 1.165) is 5.56 Å². The van der Waals surface area contributed by atoms with Crippen molar-refractivity contribution in [3.05, 3.63) is 59.1 Å². The van der Waals surface area contributed by atoms with E-state index < -0.39 is 12.1 Å². The van der Waals surface area contributed by atoms with Crippen LogP contribution in [-0.4, -0.2) is 35.5 Å². The quantitative estimate of drug-likeness (QED) is 0.742. The number of fused-ring (bicyclic) bond motifs is 1. The Morgan fingerprint density at radius 3 is 2.41 bits per heavy atom. The predicted molar refractivity (Wildman–Crippen MR) is 99.5 cm³/mol. The Morgan fingerprint density at radius 2 is 1.74 bits per heavy atom. The number of hydrogen-bond acceptors (Lipinski definition) is 6. The number of carbonyl (C=O) groups is 2. The van der Waals surface area contributed by atoms with E-state index in [2.05, 4.69) is 10.3 Å². The van der Waals surface area contributed by atoms with Crippen LogP contribution in [0.2, 0.25) is 5.02 Å². The lowest BCUT2D eigenvalue weighted by Crippen LogP contribution is -2.39. The summed E-state index contributed by atoms with van der Waals surface area (Å²) in [4.78, 5) is 26.9. The molecule has 0 saturated carbocycles. The number of ether oxygens (including phenoxy) is 1. The maximum atomic E-state index is 13.0. The Hall–Kier alpha value is -2.93. The van der Waals surface area contributed by atoms with Crippen LogP contribution in [0.3, 0.4) is 0 Å². The first-order valence-electron chi connectivity index (χ1n) is 8.61. The Labute approximate surface area is 161 Å². The van der Waals surface area contributed by atoms with Crippen molar-refractivity contribution in [2.45, 2.75) is 25.6 Å². The summed E-state index contributed by atoms with van der Waals surface area (Å²) < 4.78 is 5.40. The van der Waals surface area contributed by atoms with Crippen LogP contribution in [0.15, 0.2) is 58.9 Å². The van der Waals surface area contributed by atoms with Gasteiger partial charge in [-0.2, -0.15) is 5.11 Å². The van der Waals surface area contributed by atoms with Gasteiger partial charge in [0.2, 0.25) is 0 Å². The summed E-state index contributed by atoms with van der Waals surface area (Å²) in [5.74, 6) is -0.00534. The number of rotatable bonds is 5. The second-order valence-corrected chi connectivity index (χ2v) is 6.69. The zero-order chi connectivity index (χ0) is 19.0. The molecule has 2 aromatic rings. The van der Waals surface area contributed by atoms with E-state index in [0.29, 0.717) is 29.6 Å². The average Bonchev–Trinajstić information content (AvgIpc) is 3.18. The zero-order valence-electron chi connectivity index (χ0n) is 14.6. The van der Waals surface area contributed by atoms with Gasteiger partial charge in [-0.05, 0) is 48.9 Å². The van der Waals surface area contributed by atoms with Gasteiger partial charge in [0, 0.05) is 5.02 Å². The maximum Gasteiger partial charge on any atom is 0.263 e. The normalized spacial score (nSPS) is 21.1. The fourth-order valence-corrected chi connectivity index (χ4v) is 3.37. The van der Waals surface area contributed by atoms with Crippen LogP contribution in [0.4, 0.5) is 5.69 Å². The molecule has 0 unspecified atom stereocenters. The second kappa shape index (κ2) is 7.00. The highest BCUT2D eigenvalue weighted by Gasteiger charge is 2.54. The molecule has 4 rings (SSSR count). The van der Waals surface area contributed by atoms with E-state index in [9.17, 15) is 9.59 Å². The molecule has 138 valence electrons. The Kier molecular flexibility index (Phi) is 4.53. The summed E-state index contributed by atoms with van der Waals surface area (Å²) in [6.45, 7) is 2.81. The van der Waals surface area contributed by atoms with Gasteiger partial charge in [-0.1, -0.05) is 29.0 Å². The highest BCUT2D eigenvalue weighted by Crippen LogP contribution is 2.33. The molecule has 0 spiro atoms. The molecule has 0 radical (unpaired) electrons. The number of nitrogens with zero attached hydrogens (tertiary/aromatic N) is 4. The standard InChI is InChI=1S/C19H17ClN4O3/c1-2-27-15-9-7-14(8-10-15)24-18(25)16-17(19(24)26)23(22-21-16)11-12-3-5-13(20)6-4-12/h3-10,16-17H,2,11H2,1H3/t16-,17-/m1/s1. The number of carbonyl (C=O) groups excluding carboxylic acids is 2. The minimum Gasteiger partial charge on any atom is -0.494 e. The largest absolute Gasteiger partial charge is 0.494 e. The Morgan fingerprint density at radius 1 is 1.04 bits per heavy atom. The third-order valence-electron chi connectivity index (χ3n) is 4.52. The molecule has 27 heavy (non-hydrogen) atoms. The van der Waals surface area contributed by atoms with Crippen molar-refractivity contribution in [3.63, 3.8) is 0 Å². The first kappa shape index (κ1) is 17.5. The topological polar surface area (TPSA) is 74.6 Å². The molecule has 2 atom stereocenters. The lowest BCUT2D eigenvalue weighted by molar-refractivity contribution is -0.123. The molecule has 0 aromatic heterocycles. The molecule has 2 aliphatic heterocycles. The highest BCUT2D eigenvalue weighted by atomic mass is 35.5. The minimum atomic E-state index is -0.809. The predicted octanol–water partition coefficient (Wildman–Crippen LogP) is 3.23. The van der Waals surface area contributed by atoms with Crippen molar-refractivity contribution in [3.8, 4) is 5.75 Å². The molecule has 7 nitrogen and oxygen atoms in total. The smallest absolute Gasteiger partial charge is 0.263 e. The first-order valence-corrected chi connectivity index (χ1v) is 8.99. The fraction of sp³-hybridized carbons (Fsp3) is 0.263. The number of halogens is 1. The second-order valence-electron chi connectivity index (χ2n) is 6.26. The maximum absolute atomic E-state index is 13.0. The molecular weight excluding hydrogens is 368 g/mol. The molecule has 2 amide bonds. The summed E-state index contributed by atoms with van der Waals surface area (Å²) in [7, 11) is 0. The van der Waals surface area contributed by atoms with Crippen molar-refractivity contribution in [1.29, 1.82) is 0 Å². The van der Waals surface area contributed by atoms with Gasteiger partial charge in [-0.15, -0.1) is 0 Å². The van der Waals surface area contributed by atoms with Gasteiger partial charge in [0.25, 0.3) is 11.8 Å². The van der Waals surface area contributed by atoms with Crippen molar-refractivity contribution in [1.82, 2.24) is 5.01 Å². The third-order valence-corrected chi connectivity index (χ3v) is 4.77. The summed E-state index contributed by atoms with van der Waals surface area (Å²) >= 11 is 5.91. The number of anilines is 1. The average molecular weight is 385 g/mol. The molecular formula is C19H17ClN4O3. The Bertz CT molecular complexity index is 898. The summed E-state index contributed by atoms with van der Waals surface area (Å²) in [6, 6.07) is 12.6. The van der Waals surface area contributed by atoms with E-state index in [1.807, 2.05) is 19.1 Å². The zero-order valence-corrected chi connectivity index (χ0v) is 15.3. The van der Waals surface area contributed by atoms with E-state index in [4.69, 9.17) is 16.3 Å². The van der Waals surface area contributed by atoms with Gasteiger partial charge in [-0.3, -0.25) is 14.6 Å². The molecule has 2 heterocycles. The summed E-state index contributed by atoms with van der Waals surface area (Å²) in [5, 5.41) is 10.3. The van der Waals surface area contributed by atoms with Crippen molar-refractivity contribution < 1.29 is 14.3 Å². The van der Waals surface area contributed by atoms with Crippen molar-refractivity contribution in [2.24, 2.45) is 10.3 Å². The van der Waals surface area contributed by atoms with Crippen LogP contribution >= 0.6 is 11.6 Å². The molecule has 2 aliphatic rings. The third kappa shape index (κ3) is 3.14. The van der Waals surface area contributed by atoms with E-state index in [1.54, 1.807) is 41.4 Å². The summed E-state index contributed by atoms with van der Waals surface area (Å²) in [6.07, 6.45) is 0. The molecule has 1 fully saturated rings. The highest BCUT2D eigenvalue weighted by molar-refractivity contribution is 6.30. The van der Waals surface area contributed by atoms with Gasteiger partial charge in [0.15, 0.2) is 12.1 Å². The lowest BCUT2D eigenvalue weighted by atomic mass is 10.1. The monoisotopic (exact) mass is 384 g/mol. The van der Waals surface area contributed by atoms with E-state index in [-0.39, 0.29) is 11.8 Å². The fourth-order valence-electron chi connectivity index (χ4n) is 3.24. The number of hydrogen-bond donors (Lipinski definition) is 0. The summed E-state index contributed by atoms with van der Waals surface area (Å²) in [5.41, 5.74) is 1.43. The van der Waals surface area contributed by atoms with Crippen molar-refractivity contribution in [2.75, 3.05) is 11.5 Å². The number of imide groups is 1. The first-order chi connectivity index (χ1) is 13.1. The molecule has 0 aliphatic carbocycles. The van der Waals surface area contributed by atoms with E-state index >= 15 is 0 Å². The number of benzene rings is 2. The van der Waals surface area contributed by atoms with Crippen LogP contribution in [0.25, 0.3) is 0 Å². The van der Waals surface area contributed by atoms with Gasteiger partial charge in [0.1, 0.15) is 5.75 Å². The molecule has 1 saturated heterocycles. The van der Waals surface area contributed by atoms with Gasteiger partial charge in [-0.25, -0.2) is 4.90 Å². The van der Waals surface area contributed by atoms with Gasteiger partial charge in [0.05, 0.1) is 18.8 Å². The molecule has 2 aromatic carbocycles. The molecule has 0 bridgehead atoms. The van der Waals surface area contributed by atoms with Crippen molar-refractivity contribution >= 4 is 29.1 Å². The SMILES string of the molecule is CCOc1ccc(N2C(=O)[C@@H]3N=NN(Cc4ccc(Cl)cc4)[C@H]3C2=O)cc1. The van der Waals surface area contributed by atoms with Gasteiger partial charge >= 0.3 is 0 Å². The molecule has 0 N–H and O–H groups in total. The number of amides is 2. The van der Waals surface area contributed by atoms with Crippen LogP contribution in [-0.2, 0) is 16.1 Å². The van der Waals surface area contributed by atoms with Gasteiger partial charge < -0.3 is 4.74 Å². The lowest BCUT2D eigenvalue weighted by Gasteiger charge is -2.20.